The minimum atomic E-state index is -1.00. The van der Waals surface area contributed by atoms with Crippen molar-refractivity contribution < 1.29 is 24.2 Å². The quantitative estimate of drug-likeness (QED) is 0.161. The van der Waals surface area contributed by atoms with E-state index in [1.165, 1.54) is 44.9 Å². The molecular weight excluding hydrogens is 500 g/mol. The molecule has 0 radical (unpaired) electrons. The topological polar surface area (TPSA) is 72.8 Å². The maximum Gasteiger partial charge on any atom is 0.311 e. The van der Waals surface area contributed by atoms with E-state index in [9.17, 15) is 9.59 Å². The molecule has 228 valence electrons. The van der Waals surface area contributed by atoms with Crippen LogP contribution in [0.15, 0.2) is 0 Å². The van der Waals surface area contributed by atoms with Gasteiger partial charge in [0.25, 0.3) is 0 Å². The third-order valence-corrected chi connectivity index (χ3v) is 9.22. The number of hydrogen-bond donors (Lipinski definition) is 1. The molecule has 1 aromatic carbocycles. The number of fused-ring (bicyclic) bond motifs is 1. The van der Waals surface area contributed by atoms with Crippen LogP contribution in [0.1, 0.15) is 148 Å². The van der Waals surface area contributed by atoms with Crippen molar-refractivity contribution in [1.29, 1.82) is 0 Å². The van der Waals surface area contributed by atoms with Gasteiger partial charge in [-0.25, -0.2) is 0 Å². The molecule has 0 saturated carbocycles. The molecule has 2 rings (SSSR count). The van der Waals surface area contributed by atoms with E-state index in [2.05, 4.69) is 48.5 Å². The zero-order chi connectivity index (χ0) is 30.3. The van der Waals surface area contributed by atoms with E-state index >= 15 is 0 Å². The van der Waals surface area contributed by atoms with Crippen LogP contribution >= 0.6 is 0 Å². The van der Waals surface area contributed by atoms with Gasteiger partial charge in [0.1, 0.15) is 17.1 Å². The summed E-state index contributed by atoms with van der Waals surface area (Å²) in [6.07, 6.45) is 12.7. The lowest BCUT2D eigenvalue weighted by Crippen LogP contribution is -2.37. The van der Waals surface area contributed by atoms with Gasteiger partial charge < -0.3 is 14.6 Å². The highest BCUT2D eigenvalue weighted by molar-refractivity contribution is 5.79. The highest BCUT2D eigenvalue weighted by atomic mass is 16.5. The van der Waals surface area contributed by atoms with Gasteiger partial charge in [0.15, 0.2) is 0 Å². The maximum absolute atomic E-state index is 12.3. The second kappa shape index (κ2) is 14.2. The molecule has 0 spiro atoms. The number of carbonyl (C=O) groups is 2. The summed E-state index contributed by atoms with van der Waals surface area (Å²) in [4.78, 5) is 23.1. The van der Waals surface area contributed by atoms with Crippen molar-refractivity contribution in [3.63, 3.8) is 0 Å². The molecule has 1 aliphatic heterocycles. The first-order valence-electron chi connectivity index (χ1n) is 15.7. The summed E-state index contributed by atoms with van der Waals surface area (Å²) in [5.74, 6) is 0.789. The predicted octanol–water partition coefficient (Wildman–Crippen LogP) is 9.69. The fourth-order valence-electron chi connectivity index (χ4n) is 6.21. The van der Waals surface area contributed by atoms with Gasteiger partial charge in [0.05, 0.1) is 12.8 Å². The van der Waals surface area contributed by atoms with Gasteiger partial charge in [0, 0.05) is 5.56 Å². The number of carboxylic acid groups (broad SMARTS) is 1. The van der Waals surface area contributed by atoms with Crippen molar-refractivity contribution in [2.24, 2.45) is 16.7 Å². The number of aliphatic carboxylic acids is 1. The number of carbonyl (C=O) groups excluding carboxylic acids is 1. The molecule has 0 aromatic heterocycles. The molecule has 1 atom stereocenters. The Labute approximate surface area is 244 Å². The Morgan fingerprint density at radius 1 is 0.900 bits per heavy atom. The standard InChI is InChI=1S/C35H58O5/c1-24(2)14-11-18-33(6,7)19-12-20-34(8,9)21-13-22-35(10)23-17-28-27(5)31(25(3)26(4)32(28)40-35)39-30(38)16-15-29(36)37/h24H,11-23H2,1-10H3,(H,36,37). The van der Waals surface area contributed by atoms with E-state index in [0.29, 0.717) is 16.6 Å². The smallest absolute Gasteiger partial charge is 0.311 e. The fourth-order valence-corrected chi connectivity index (χ4v) is 6.21. The summed E-state index contributed by atoms with van der Waals surface area (Å²) < 4.78 is 12.4. The lowest BCUT2D eigenvalue weighted by atomic mass is 9.76. The maximum atomic E-state index is 12.3. The Hall–Kier alpha value is -2.04. The fraction of sp³-hybridized carbons (Fsp3) is 0.771. The number of benzene rings is 1. The first kappa shape index (κ1) is 34.2. The van der Waals surface area contributed by atoms with Gasteiger partial charge >= 0.3 is 11.9 Å². The van der Waals surface area contributed by atoms with Crippen LogP contribution in [0.2, 0.25) is 0 Å². The molecule has 40 heavy (non-hydrogen) atoms. The van der Waals surface area contributed by atoms with Gasteiger partial charge in [-0.15, -0.1) is 0 Å². The van der Waals surface area contributed by atoms with Crippen LogP contribution < -0.4 is 9.47 Å². The van der Waals surface area contributed by atoms with Crippen LogP contribution in [0.3, 0.4) is 0 Å². The summed E-state index contributed by atoms with van der Waals surface area (Å²) in [5.41, 5.74) is 4.49. The van der Waals surface area contributed by atoms with Gasteiger partial charge in [-0.2, -0.15) is 0 Å². The van der Waals surface area contributed by atoms with Crippen LogP contribution in [-0.2, 0) is 16.0 Å². The van der Waals surface area contributed by atoms with Crippen molar-refractivity contribution in [1.82, 2.24) is 0 Å². The number of ether oxygens (including phenoxy) is 2. The third-order valence-electron chi connectivity index (χ3n) is 9.22. The Morgan fingerprint density at radius 3 is 2.05 bits per heavy atom. The number of rotatable bonds is 16. The molecule has 1 aromatic rings. The van der Waals surface area contributed by atoms with Gasteiger partial charge in [-0.1, -0.05) is 60.8 Å². The summed E-state index contributed by atoms with van der Waals surface area (Å²) in [5, 5.41) is 8.88. The van der Waals surface area contributed by atoms with Gasteiger partial charge in [-0.3, -0.25) is 9.59 Å². The van der Waals surface area contributed by atoms with Crippen molar-refractivity contribution in [2.45, 2.75) is 158 Å². The average Bonchev–Trinajstić information content (AvgIpc) is 2.83. The first-order valence-corrected chi connectivity index (χ1v) is 15.7. The Bertz CT molecular complexity index is 1020. The van der Waals surface area contributed by atoms with Crippen LogP contribution in [0, 0.1) is 37.5 Å². The molecule has 0 amide bonds. The minimum absolute atomic E-state index is 0.134. The first-order chi connectivity index (χ1) is 18.5. The minimum Gasteiger partial charge on any atom is -0.487 e. The van der Waals surface area contributed by atoms with Crippen LogP contribution in [0.4, 0.5) is 0 Å². The van der Waals surface area contributed by atoms with E-state index in [1.54, 1.807) is 0 Å². The second-order valence-corrected chi connectivity index (χ2v) is 14.8. The number of esters is 1. The molecule has 5 heteroatoms. The highest BCUT2D eigenvalue weighted by Gasteiger charge is 2.35. The number of hydrogen-bond acceptors (Lipinski definition) is 4. The molecule has 0 bridgehead atoms. The lowest BCUT2D eigenvalue weighted by Gasteiger charge is -2.39. The molecule has 0 aliphatic carbocycles. The Morgan fingerprint density at radius 2 is 1.48 bits per heavy atom. The zero-order valence-electron chi connectivity index (χ0n) is 27.3. The van der Waals surface area contributed by atoms with Crippen molar-refractivity contribution in [3.8, 4) is 11.5 Å². The third kappa shape index (κ3) is 10.4. The van der Waals surface area contributed by atoms with E-state index in [-0.39, 0.29) is 18.4 Å². The SMILES string of the molecule is Cc1c(C)c2c(c(C)c1OC(=O)CCC(=O)O)CCC(C)(CCCC(C)(C)CCCC(C)(C)CCCC(C)C)O2. The zero-order valence-corrected chi connectivity index (χ0v) is 27.3. The van der Waals surface area contributed by atoms with Crippen LogP contribution in [0.5, 0.6) is 11.5 Å². The molecule has 1 heterocycles. The normalized spacial score (nSPS) is 17.5. The Kier molecular flexibility index (Phi) is 12.2. The molecule has 5 nitrogen and oxygen atoms in total. The van der Waals surface area contributed by atoms with E-state index in [1.807, 2.05) is 20.8 Å². The van der Waals surface area contributed by atoms with Crippen LogP contribution in [0.25, 0.3) is 0 Å². The van der Waals surface area contributed by atoms with Crippen molar-refractivity contribution in [2.75, 3.05) is 0 Å². The molecular formula is C35H58O5. The lowest BCUT2D eigenvalue weighted by molar-refractivity contribution is -0.142. The van der Waals surface area contributed by atoms with Gasteiger partial charge in [-0.05, 0) is 112 Å². The summed E-state index contributed by atoms with van der Waals surface area (Å²) >= 11 is 0. The largest absolute Gasteiger partial charge is 0.487 e. The summed E-state index contributed by atoms with van der Waals surface area (Å²) in [7, 11) is 0. The van der Waals surface area contributed by atoms with Gasteiger partial charge in [0.2, 0.25) is 0 Å². The molecule has 0 saturated heterocycles. The second-order valence-electron chi connectivity index (χ2n) is 14.8. The number of carboxylic acids is 1. The highest BCUT2D eigenvalue weighted by Crippen LogP contribution is 2.45. The molecule has 0 fully saturated rings. The van der Waals surface area contributed by atoms with E-state index in [4.69, 9.17) is 14.6 Å². The Balaban J connectivity index is 1.94. The predicted molar refractivity (Wildman–Crippen MR) is 164 cm³/mol. The van der Waals surface area contributed by atoms with Crippen LogP contribution in [-0.4, -0.2) is 22.6 Å². The molecule has 1 aliphatic rings. The van der Waals surface area contributed by atoms with Crippen molar-refractivity contribution in [3.05, 3.63) is 22.3 Å². The van der Waals surface area contributed by atoms with E-state index in [0.717, 1.165) is 59.6 Å². The molecule has 1 N–H and O–H groups in total. The summed E-state index contributed by atoms with van der Waals surface area (Å²) in [6, 6.07) is 0. The van der Waals surface area contributed by atoms with Crippen molar-refractivity contribution >= 4 is 11.9 Å². The summed E-state index contributed by atoms with van der Waals surface area (Å²) in [6.45, 7) is 22.6. The molecule has 1 unspecified atom stereocenters. The average molecular weight is 559 g/mol. The van der Waals surface area contributed by atoms with E-state index < -0.39 is 11.9 Å². The monoisotopic (exact) mass is 558 g/mol.